The van der Waals surface area contributed by atoms with Crippen molar-refractivity contribution in [1.29, 1.82) is 0 Å². The minimum Gasteiger partial charge on any atom is -0.279 e. The van der Waals surface area contributed by atoms with Crippen molar-refractivity contribution >= 4 is 44.6 Å². The molecule has 116 valence electrons. The Hall–Kier alpha value is -1.90. The van der Waals surface area contributed by atoms with E-state index < -0.39 is 26.5 Å². The molecule has 0 aliphatic heterocycles. The minimum atomic E-state index is -4.05. The molecule has 0 fully saturated rings. The lowest BCUT2D eigenvalue weighted by Crippen LogP contribution is -2.13. The van der Waals surface area contributed by atoms with Gasteiger partial charge in [-0.25, -0.2) is 8.42 Å². The van der Waals surface area contributed by atoms with Crippen molar-refractivity contribution < 1.29 is 17.7 Å². The first-order chi connectivity index (χ1) is 10.2. The Bertz CT molecular complexity index is 858. The molecule has 0 atom stereocenters. The largest absolute Gasteiger partial charge is 0.306 e. The van der Waals surface area contributed by atoms with Crippen molar-refractivity contribution in [2.75, 3.05) is 4.72 Å². The highest BCUT2D eigenvalue weighted by molar-refractivity contribution is 7.92. The molecule has 0 saturated heterocycles. The molecule has 0 amide bonds. The van der Waals surface area contributed by atoms with Gasteiger partial charge in [0.15, 0.2) is 0 Å². The van der Waals surface area contributed by atoms with Gasteiger partial charge in [0.2, 0.25) is 5.82 Å². The first-order valence-electron chi connectivity index (χ1n) is 5.62. The summed E-state index contributed by atoms with van der Waals surface area (Å²) >= 11 is 11.4. The van der Waals surface area contributed by atoms with Gasteiger partial charge in [-0.1, -0.05) is 23.2 Å². The van der Waals surface area contributed by atoms with E-state index in [2.05, 4.69) is 4.72 Å². The van der Waals surface area contributed by atoms with Crippen LogP contribution in [0, 0.1) is 15.9 Å². The summed E-state index contributed by atoms with van der Waals surface area (Å²) < 4.78 is 39.6. The zero-order chi connectivity index (χ0) is 16.5. The van der Waals surface area contributed by atoms with E-state index in [0.717, 1.165) is 24.3 Å². The van der Waals surface area contributed by atoms with Crippen molar-refractivity contribution in [2.45, 2.75) is 4.90 Å². The topological polar surface area (TPSA) is 89.3 Å². The molecule has 0 heterocycles. The first kappa shape index (κ1) is 16.5. The lowest BCUT2D eigenvalue weighted by molar-refractivity contribution is -0.387. The third-order valence-electron chi connectivity index (χ3n) is 2.60. The number of nitro groups is 1. The Morgan fingerprint density at radius 2 is 1.77 bits per heavy atom. The molecule has 0 unspecified atom stereocenters. The third-order valence-corrected chi connectivity index (χ3v) is 4.71. The number of halogens is 3. The lowest BCUT2D eigenvalue weighted by Gasteiger charge is -2.09. The van der Waals surface area contributed by atoms with E-state index in [-0.39, 0.29) is 20.6 Å². The molecule has 2 rings (SSSR count). The van der Waals surface area contributed by atoms with Crippen LogP contribution in [0.2, 0.25) is 10.0 Å². The molecule has 0 radical (unpaired) electrons. The summed E-state index contributed by atoms with van der Waals surface area (Å²) in [6.45, 7) is 0. The highest BCUT2D eigenvalue weighted by atomic mass is 35.5. The predicted molar refractivity (Wildman–Crippen MR) is 80.3 cm³/mol. The van der Waals surface area contributed by atoms with Crippen LogP contribution in [0.3, 0.4) is 0 Å². The van der Waals surface area contributed by atoms with Crippen LogP contribution < -0.4 is 4.72 Å². The summed E-state index contributed by atoms with van der Waals surface area (Å²) in [5.41, 5.74) is -0.992. The number of hydrogen-bond donors (Lipinski definition) is 1. The van der Waals surface area contributed by atoms with E-state index in [1.807, 2.05) is 0 Å². The second kappa shape index (κ2) is 6.07. The van der Waals surface area contributed by atoms with Gasteiger partial charge in [-0.05, 0) is 30.3 Å². The van der Waals surface area contributed by atoms with Gasteiger partial charge in [-0.3, -0.25) is 14.8 Å². The molecule has 10 heteroatoms. The Morgan fingerprint density at radius 3 is 2.36 bits per heavy atom. The third kappa shape index (κ3) is 3.46. The van der Waals surface area contributed by atoms with E-state index in [4.69, 9.17) is 23.2 Å². The molecular weight excluding hydrogens is 358 g/mol. The highest BCUT2D eigenvalue weighted by Crippen LogP contribution is 2.27. The second-order valence-electron chi connectivity index (χ2n) is 4.10. The number of benzene rings is 2. The molecular formula is C12H7Cl2FN2O4S. The van der Waals surface area contributed by atoms with Crippen LogP contribution in [0.25, 0.3) is 0 Å². The minimum absolute atomic E-state index is 0.0367. The number of sulfonamides is 1. The number of nitrogens with zero attached hydrogens (tertiary/aromatic N) is 1. The number of nitrogens with one attached hydrogen (secondary N) is 1. The summed E-state index contributed by atoms with van der Waals surface area (Å²) in [4.78, 5) is 9.51. The number of rotatable bonds is 4. The summed E-state index contributed by atoms with van der Waals surface area (Å²) in [6.07, 6.45) is 0. The van der Waals surface area contributed by atoms with E-state index in [1.165, 1.54) is 12.1 Å². The van der Waals surface area contributed by atoms with E-state index in [0.29, 0.717) is 0 Å². The fraction of sp³-hybridized carbons (Fsp3) is 0. The summed E-state index contributed by atoms with van der Waals surface area (Å²) in [7, 11) is -4.05. The van der Waals surface area contributed by atoms with Crippen LogP contribution >= 0.6 is 23.2 Å². The average Bonchev–Trinajstić information content (AvgIpc) is 2.43. The van der Waals surface area contributed by atoms with Crippen molar-refractivity contribution in [2.24, 2.45) is 0 Å². The Labute approximate surface area is 134 Å². The maximum atomic E-state index is 13.2. The second-order valence-corrected chi connectivity index (χ2v) is 6.60. The molecule has 0 saturated carbocycles. The summed E-state index contributed by atoms with van der Waals surface area (Å²) in [5, 5.41) is 10.9. The smallest absolute Gasteiger partial charge is 0.279 e. The number of anilines is 1. The fourth-order valence-corrected chi connectivity index (χ4v) is 3.01. The van der Waals surface area contributed by atoms with Crippen molar-refractivity contribution in [3.05, 3.63) is 62.4 Å². The highest BCUT2D eigenvalue weighted by Gasteiger charge is 2.19. The van der Waals surface area contributed by atoms with Crippen LogP contribution in [-0.2, 0) is 10.0 Å². The standard InChI is InChI=1S/C12H7Cl2FN2O4S/c13-9-3-2-8(6-10(9)14)22(20,21)16-7-1-4-11(15)12(5-7)17(18)19/h1-6,16H. The van der Waals surface area contributed by atoms with Crippen molar-refractivity contribution in [3.63, 3.8) is 0 Å². The van der Waals surface area contributed by atoms with Gasteiger partial charge in [0.1, 0.15) is 0 Å². The van der Waals surface area contributed by atoms with E-state index >= 15 is 0 Å². The summed E-state index contributed by atoms with van der Waals surface area (Å²) in [5.74, 6) is -1.07. The Kier molecular flexibility index (Phi) is 4.55. The van der Waals surface area contributed by atoms with E-state index in [1.54, 1.807) is 0 Å². The van der Waals surface area contributed by atoms with Gasteiger partial charge in [-0.2, -0.15) is 4.39 Å². The molecule has 0 spiro atoms. The zero-order valence-corrected chi connectivity index (χ0v) is 12.9. The van der Waals surface area contributed by atoms with Gasteiger partial charge >= 0.3 is 5.69 Å². The van der Waals surface area contributed by atoms with Gasteiger partial charge < -0.3 is 0 Å². The Balaban J connectivity index is 2.38. The maximum Gasteiger partial charge on any atom is 0.306 e. The van der Waals surface area contributed by atoms with Crippen LogP contribution in [0.5, 0.6) is 0 Å². The molecule has 1 N–H and O–H groups in total. The first-order valence-corrected chi connectivity index (χ1v) is 7.86. The number of nitro benzene ring substituents is 1. The van der Waals surface area contributed by atoms with Gasteiger partial charge in [0, 0.05) is 6.07 Å². The molecule has 2 aromatic rings. The Morgan fingerprint density at radius 1 is 1.09 bits per heavy atom. The van der Waals surface area contributed by atoms with E-state index in [9.17, 15) is 22.9 Å². The molecule has 2 aromatic carbocycles. The van der Waals surface area contributed by atoms with Crippen LogP contribution in [0.1, 0.15) is 0 Å². The molecule has 0 bridgehead atoms. The molecule has 0 aliphatic rings. The van der Waals surface area contributed by atoms with Gasteiger partial charge in [-0.15, -0.1) is 0 Å². The number of hydrogen-bond acceptors (Lipinski definition) is 4. The summed E-state index contributed by atoms with van der Waals surface area (Å²) in [6, 6.07) is 6.29. The van der Waals surface area contributed by atoms with Crippen LogP contribution in [-0.4, -0.2) is 13.3 Å². The van der Waals surface area contributed by atoms with Crippen molar-refractivity contribution in [1.82, 2.24) is 0 Å². The average molecular weight is 365 g/mol. The normalized spacial score (nSPS) is 11.2. The quantitative estimate of drug-likeness (QED) is 0.659. The van der Waals surface area contributed by atoms with Crippen LogP contribution in [0.15, 0.2) is 41.3 Å². The molecule has 22 heavy (non-hydrogen) atoms. The van der Waals surface area contributed by atoms with Gasteiger partial charge in [0.25, 0.3) is 10.0 Å². The SMILES string of the molecule is O=[N+]([O-])c1cc(NS(=O)(=O)c2ccc(Cl)c(Cl)c2)ccc1F. The molecule has 6 nitrogen and oxygen atoms in total. The predicted octanol–water partition coefficient (Wildman–Crippen LogP) is 3.84. The lowest BCUT2D eigenvalue weighted by atomic mass is 10.3. The van der Waals surface area contributed by atoms with Gasteiger partial charge in [0.05, 0.1) is 25.6 Å². The monoisotopic (exact) mass is 364 g/mol. The molecule has 0 aromatic heterocycles. The van der Waals surface area contributed by atoms with Crippen LogP contribution in [0.4, 0.5) is 15.8 Å². The fourth-order valence-electron chi connectivity index (χ4n) is 1.57. The maximum absolute atomic E-state index is 13.2. The van der Waals surface area contributed by atoms with Crippen molar-refractivity contribution in [3.8, 4) is 0 Å². The zero-order valence-electron chi connectivity index (χ0n) is 10.6. The molecule has 0 aliphatic carbocycles.